The van der Waals surface area contributed by atoms with Gasteiger partial charge in [0.1, 0.15) is 0 Å². The van der Waals surface area contributed by atoms with E-state index in [1.807, 2.05) is 18.2 Å². The minimum atomic E-state index is -0.386. The highest BCUT2D eigenvalue weighted by atomic mass is 16.7. The maximum Gasteiger partial charge on any atom is 0.231 e. The normalized spacial score (nSPS) is 19.0. The number of benzene rings is 2. The second-order valence-corrected chi connectivity index (χ2v) is 7.33. The molecule has 0 aromatic heterocycles. The van der Waals surface area contributed by atoms with Crippen molar-refractivity contribution >= 4 is 23.2 Å². The summed E-state index contributed by atoms with van der Waals surface area (Å²) < 4.78 is 10.6. The monoisotopic (exact) mass is 380 g/mol. The molecule has 2 aromatic carbocycles. The summed E-state index contributed by atoms with van der Waals surface area (Å²) in [6.07, 6.45) is 1.21. The fourth-order valence-corrected chi connectivity index (χ4v) is 3.70. The van der Waals surface area contributed by atoms with Crippen molar-refractivity contribution in [2.45, 2.75) is 32.6 Å². The number of carbonyl (C=O) groups excluding carboxylic acids is 2. The summed E-state index contributed by atoms with van der Waals surface area (Å²) in [5.41, 5.74) is 2.70. The lowest BCUT2D eigenvalue weighted by Crippen LogP contribution is -2.29. The van der Waals surface area contributed by atoms with Crippen molar-refractivity contribution in [1.82, 2.24) is 0 Å². The summed E-state index contributed by atoms with van der Waals surface area (Å²) in [6, 6.07) is 13.3. The smallest absolute Gasteiger partial charge is 0.231 e. The van der Waals surface area contributed by atoms with E-state index in [1.165, 1.54) is 0 Å². The lowest BCUT2D eigenvalue weighted by Gasteiger charge is -2.23. The first-order chi connectivity index (χ1) is 13.6. The summed E-state index contributed by atoms with van der Waals surface area (Å²) in [7, 11) is 0. The number of anilines is 2. The van der Waals surface area contributed by atoms with Gasteiger partial charge >= 0.3 is 0 Å². The summed E-state index contributed by atoms with van der Waals surface area (Å²) in [5.74, 6) is 1.08. The number of carbonyl (C=O) groups is 2. The number of ether oxygens (including phenoxy) is 2. The third-order valence-electron chi connectivity index (χ3n) is 5.51. The van der Waals surface area contributed by atoms with Crippen LogP contribution < -0.4 is 19.7 Å². The van der Waals surface area contributed by atoms with Crippen molar-refractivity contribution in [3.63, 3.8) is 0 Å². The second kappa shape index (κ2) is 7.54. The average Bonchev–Trinajstić information content (AvgIpc) is 3.33. The summed E-state index contributed by atoms with van der Waals surface area (Å²) in [6.45, 7) is 4.87. The highest BCUT2D eigenvalue weighted by molar-refractivity contribution is 6.04. The van der Waals surface area contributed by atoms with Crippen molar-refractivity contribution in [2.24, 2.45) is 5.92 Å². The molecule has 0 saturated carbocycles. The van der Waals surface area contributed by atoms with Gasteiger partial charge in [-0.15, -0.1) is 0 Å². The molecular formula is C22H24N2O4. The lowest BCUT2D eigenvalue weighted by molar-refractivity contribution is -0.122. The Kier molecular flexibility index (Phi) is 4.94. The number of hydrogen-bond acceptors (Lipinski definition) is 4. The first-order valence-electron chi connectivity index (χ1n) is 9.66. The molecule has 2 amide bonds. The van der Waals surface area contributed by atoms with Gasteiger partial charge in [-0.25, -0.2) is 0 Å². The van der Waals surface area contributed by atoms with Crippen LogP contribution >= 0.6 is 0 Å². The highest BCUT2D eigenvalue weighted by Gasteiger charge is 2.36. The molecule has 1 saturated heterocycles. The Hall–Kier alpha value is -3.02. The van der Waals surface area contributed by atoms with Crippen LogP contribution in [0.25, 0.3) is 0 Å². The largest absolute Gasteiger partial charge is 0.454 e. The molecule has 1 fully saturated rings. The van der Waals surface area contributed by atoms with Gasteiger partial charge in [0.15, 0.2) is 11.5 Å². The Balaban J connectivity index is 1.48. The Morgan fingerprint density at radius 1 is 1.21 bits per heavy atom. The minimum absolute atomic E-state index is 0.0124. The van der Waals surface area contributed by atoms with E-state index in [4.69, 9.17) is 9.47 Å². The van der Waals surface area contributed by atoms with Crippen LogP contribution in [-0.2, 0) is 9.59 Å². The van der Waals surface area contributed by atoms with Gasteiger partial charge in [0, 0.05) is 30.4 Å². The molecule has 28 heavy (non-hydrogen) atoms. The third-order valence-corrected chi connectivity index (χ3v) is 5.51. The lowest BCUT2D eigenvalue weighted by atomic mass is 9.96. The van der Waals surface area contributed by atoms with Crippen molar-refractivity contribution in [2.75, 3.05) is 23.6 Å². The Labute approximate surface area is 164 Å². The number of nitrogens with zero attached hydrogens (tertiary/aromatic N) is 1. The maximum absolute atomic E-state index is 12.8. The third kappa shape index (κ3) is 3.42. The van der Waals surface area contributed by atoms with Crippen LogP contribution in [0.5, 0.6) is 11.5 Å². The van der Waals surface area contributed by atoms with E-state index in [2.05, 4.69) is 25.2 Å². The van der Waals surface area contributed by atoms with Gasteiger partial charge in [-0.05, 0) is 36.1 Å². The van der Waals surface area contributed by atoms with E-state index in [1.54, 1.807) is 23.1 Å². The molecule has 2 aliphatic rings. The molecular weight excluding hydrogens is 356 g/mol. The van der Waals surface area contributed by atoms with Gasteiger partial charge < -0.3 is 19.7 Å². The number of nitrogens with one attached hydrogen (secondary N) is 1. The predicted octanol–water partition coefficient (Wildman–Crippen LogP) is 3.92. The van der Waals surface area contributed by atoms with Crippen LogP contribution in [0.2, 0.25) is 0 Å². The molecule has 0 bridgehead atoms. The molecule has 146 valence electrons. The number of fused-ring (bicyclic) bond motifs is 1. The van der Waals surface area contributed by atoms with Crippen molar-refractivity contribution in [1.29, 1.82) is 0 Å². The molecule has 6 nitrogen and oxygen atoms in total. The SMILES string of the molecule is CC[C@@H](C)c1ccccc1N1C[C@H](C(=O)Nc2ccc3c(c2)OCO3)CC1=O. The molecule has 0 spiro atoms. The van der Waals surface area contributed by atoms with Crippen LogP contribution in [-0.4, -0.2) is 25.2 Å². The van der Waals surface area contributed by atoms with E-state index >= 15 is 0 Å². The number of rotatable bonds is 5. The van der Waals surface area contributed by atoms with E-state index in [-0.39, 0.29) is 30.9 Å². The van der Waals surface area contributed by atoms with E-state index in [0.29, 0.717) is 29.6 Å². The van der Waals surface area contributed by atoms with Gasteiger partial charge in [-0.2, -0.15) is 0 Å². The zero-order valence-corrected chi connectivity index (χ0v) is 16.1. The molecule has 2 aromatic rings. The van der Waals surface area contributed by atoms with E-state index < -0.39 is 0 Å². The van der Waals surface area contributed by atoms with Crippen LogP contribution in [0.3, 0.4) is 0 Å². The Morgan fingerprint density at radius 2 is 2.00 bits per heavy atom. The zero-order valence-electron chi connectivity index (χ0n) is 16.1. The van der Waals surface area contributed by atoms with Crippen LogP contribution in [0.15, 0.2) is 42.5 Å². The molecule has 0 aliphatic carbocycles. The number of para-hydroxylation sites is 1. The Bertz CT molecular complexity index is 911. The van der Waals surface area contributed by atoms with E-state index in [0.717, 1.165) is 17.7 Å². The number of amides is 2. The molecule has 0 radical (unpaired) electrons. The second-order valence-electron chi connectivity index (χ2n) is 7.33. The minimum Gasteiger partial charge on any atom is -0.454 e. The molecule has 4 rings (SSSR count). The van der Waals surface area contributed by atoms with Gasteiger partial charge in [0.05, 0.1) is 5.92 Å². The van der Waals surface area contributed by atoms with Crippen molar-refractivity contribution in [3.8, 4) is 11.5 Å². The molecule has 2 atom stereocenters. The fraction of sp³-hybridized carbons (Fsp3) is 0.364. The van der Waals surface area contributed by atoms with Gasteiger partial charge in [0.2, 0.25) is 18.6 Å². The zero-order chi connectivity index (χ0) is 19.7. The molecule has 0 unspecified atom stereocenters. The Morgan fingerprint density at radius 3 is 2.82 bits per heavy atom. The van der Waals surface area contributed by atoms with Crippen LogP contribution in [0, 0.1) is 5.92 Å². The van der Waals surface area contributed by atoms with Crippen molar-refractivity contribution < 1.29 is 19.1 Å². The molecule has 2 heterocycles. The van der Waals surface area contributed by atoms with Crippen molar-refractivity contribution in [3.05, 3.63) is 48.0 Å². The number of hydrogen-bond donors (Lipinski definition) is 1. The van der Waals surface area contributed by atoms with Gasteiger partial charge in [0.25, 0.3) is 0 Å². The quantitative estimate of drug-likeness (QED) is 0.854. The first kappa shape index (κ1) is 18.3. The highest BCUT2D eigenvalue weighted by Crippen LogP contribution is 2.36. The van der Waals surface area contributed by atoms with Crippen LogP contribution in [0.4, 0.5) is 11.4 Å². The molecule has 6 heteroatoms. The van der Waals surface area contributed by atoms with Gasteiger partial charge in [-0.3, -0.25) is 9.59 Å². The summed E-state index contributed by atoms with van der Waals surface area (Å²) >= 11 is 0. The molecule has 2 aliphatic heterocycles. The first-order valence-corrected chi connectivity index (χ1v) is 9.66. The van der Waals surface area contributed by atoms with Crippen LogP contribution in [0.1, 0.15) is 38.2 Å². The maximum atomic E-state index is 12.8. The summed E-state index contributed by atoms with van der Waals surface area (Å²) in [4.78, 5) is 27.2. The fourth-order valence-electron chi connectivity index (χ4n) is 3.70. The predicted molar refractivity (Wildman–Crippen MR) is 107 cm³/mol. The molecule has 1 N–H and O–H groups in total. The van der Waals surface area contributed by atoms with E-state index in [9.17, 15) is 9.59 Å². The average molecular weight is 380 g/mol. The van der Waals surface area contributed by atoms with Gasteiger partial charge in [-0.1, -0.05) is 32.0 Å². The standard InChI is InChI=1S/C22H24N2O4/c1-3-14(2)17-6-4-5-7-18(17)24-12-15(10-21(24)25)22(26)23-16-8-9-19-20(11-16)28-13-27-19/h4-9,11,14-15H,3,10,12-13H2,1-2H3,(H,23,26)/t14-,15-/m1/s1. The summed E-state index contributed by atoms with van der Waals surface area (Å²) in [5, 5.41) is 2.90. The topological polar surface area (TPSA) is 67.9 Å².